The van der Waals surface area contributed by atoms with E-state index in [2.05, 4.69) is 135 Å². The first-order valence-corrected chi connectivity index (χ1v) is 12.7. The average Bonchev–Trinajstić information content (AvgIpc) is 3.29. The molecular weight excluding hydrogens is 436 g/mol. The molecular formula is C34H30N2. The van der Waals surface area contributed by atoms with E-state index in [1.165, 1.54) is 49.8 Å². The number of hydrogen-bond donors (Lipinski definition) is 0. The molecule has 2 aromatic heterocycles. The highest BCUT2D eigenvalue weighted by atomic mass is 15.0. The first kappa shape index (κ1) is 22.3. The van der Waals surface area contributed by atoms with Gasteiger partial charge in [0.15, 0.2) is 0 Å². The molecule has 0 atom stereocenters. The molecule has 6 rings (SSSR count). The van der Waals surface area contributed by atoms with E-state index in [1.54, 1.807) is 0 Å². The lowest BCUT2D eigenvalue weighted by molar-refractivity contribution is 0.774. The number of nitrogens with zero attached hydrogens (tertiary/aromatic N) is 2. The molecule has 0 N–H and O–H groups in total. The lowest BCUT2D eigenvalue weighted by atomic mass is 9.91. The van der Waals surface area contributed by atoms with Crippen molar-refractivity contribution in [2.24, 2.45) is 0 Å². The Hall–Kier alpha value is -4.17. The summed E-state index contributed by atoms with van der Waals surface area (Å²) in [7, 11) is 0. The van der Waals surface area contributed by atoms with Crippen LogP contribution in [0, 0.1) is 13.8 Å². The van der Waals surface area contributed by atoms with Crippen molar-refractivity contribution in [1.29, 1.82) is 0 Å². The third-order valence-electron chi connectivity index (χ3n) is 6.98. The number of fused-ring (bicyclic) bond motifs is 3. The molecule has 0 saturated carbocycles. The number of aryl methyl sites for hydroxylation is 2. The maximum Gasteiger partial charge on any atom is 0.117 e. The van der Waals surface area contributed by atoms with Gasteiger partial charge in [-0.25, -0.2) is 4.98 Å². The Labute approximate surface area is 212 Å². The van der Waals surface area contributed by atoms with E-state index in [0.29, 0.717) is 0 Å². The zero-order valence-electron chi connectivity index (χ0n) is 21.3. The second kappa shape index (κ2) is 8.80. The maximum absolute atomic E-state index is 5.33. The van der Waals surface area contributed by atoms with Crippen LogP contribution in [-0.2, 0) is 0 Å². The van der Waals surface area contributed by atoms with E-state index in [1.807, 2.05) is 0 Å². The van der Waals surface area contributed by atoms with Crippen molar-refractivity contribution in [1.82, 2.24) is 9.38 Å². The maximum atomic E-state index is 5.33. The number of pyridine rings is 1. The predicted molar refractivity (Wildman–Crippen MR) is 153 cm³/mol. The van der Waals surface area contributed by atoms with Gasteiger partial charge >= 0.3 is 0 Å². The Morgan fingerprint density at radius 1 is 0.611 bits per heavy atom. The molecule has 2 nitrogen and oxygen atoms in total. The second-order valence-electron chi connectivity index (χ2n) is 10.0. The zero-order chi connectivity index (χ0) is 24.8. The van der Waals surface area contributed by atoms with Gasteiger partial charge in [-0.2, -0.15) is 0 Å². The van der Waals surface area contributed by atoms with Crippen LogP contribution in [0.1, 0.15) is 36.7 Å². The van der Waals surface area contributed by atoms with Gasteiger partial charge in [-0.1, -0.05) is 122 Å². The molecule has 36 heavy (non-hydrogen) atoms. The Morgan fingerprint density at radius 3 is 1.86 bits per heavy atom. The minimum absolute atomic E-state index is 0.255. The molecule has 6 aromatic rings. The fraction of sp³-hybridized carbons (Fsp3) is 0.147. The van der Waals surface area contributed by atoms with Crippen LogP contribution in [0.3, 0.4) is 0 Å². The van der Waals surface area contributed by atoms with Crippen molar-refractivity contribution in [3.8, 4) is 33.6 Å². The minimum atomic E-state index is 0.255. The molecule has 0 aliphatic heterocycles. The molecule has 4 aromatic carbocycles. The van der Waals surface area contributed by atoms with Gasteiger partial charge in [-0.05, 0) is 36.4 Å². The van der Waals surface area contributed by atoms with Gasteiger partial charge in [-0.15, -0.1) is 0 Å². The minimum Gasteiger partial charge on any atom is -0.294 e. The molecule has 0 radical (unpaired) electrons. The van der Waals surface area contributed by atoms with E-state index in [0.717, 1.165) is 17.1 Å². The van der Waals surface area contributed by atoms with E-state index in [4.69, 9.17) is 4.98 Å². The summed E-state index contributed by atoms with van der Waals surface area (Å²) in [4.78, 5) is 5.33. The number of hydrogen-bond acceptors (Lipinski definition) is 1. The fourth-order valence-corrected chi connectivity index (χ4v) is 5.40. The second-order valence-corrected chi connectivity index (χ2v) is 10.0. The fourth-order valence-electron chi connectivity index (χ4n) is 5.40. The lowest BCUT2D eigenvalue weighted by Gasteiger charge is -2.20. The normalized spacial score (nSPS) is 11.6. The molecule has 0 saturated heterocycles. The topological polar surface area (TPSA) is 17.3 Å². The van der Waals surface area contributed by atoms with Gasteiger partial charge in [0.1, 0.15) is 5.82 Å². The Balaban J connectivity index is 1.91. The highest BCUT2D eigenvalue weighted by Crippen LogP contribution is 2.44. The average molecular weight is 467 g/mol. The summed E-state index contributed by atoms with van der Waals surface area (Å²) >= 11 is 0. The third kappa shape index (κ3) is 3.61. The highest BCUT2D eigenvalue weighted by molar-refractivity contribution is 6.12. The molecule has 0 unspecified atom stereocenters. The molecule has 0 spiro atoms. The van der Waals surface area contributed by atoms with Crippen molar-refractivity contribution in [3.63, 3.8) is 0 Å². The lowest BCUT2D eigenvalue weighted by Crippen LogP contribution is -2.04. The molecule has 2 heterocycles. The monoisotopic (exact) mass is 466 g/mol. The molecule has 0 aliphatic rings. The van der Waals surface area contributed by atoms with Crippen LogP contribution in [-0.4, -0.2) is 9.38 Å². The summed E-state index contributed by atoms with van der Waals surface area (Å²) < 4.78 is 2.45. The van der Waals surface area contributed by atoms with Gasteiger partial charge < -0.3 is 0 Å². The van der Waals surface area contributed by atoms with Crippen molar-refractivity contribution in [2.45, 2.75) is 33.6 Å². The highest BCUT2D eigenvalue weighted by Gasteiger charge is 2.25. The van der Waals surface area contributed by atoms with Crippen LogP contribution in [0.15, 0.2) is 103 Å². The third-order valence-corrected chi connectivity index (χ3v) is 6.98. The summed E-state index contributed by atoms with van der Waals surface area (Å²) in [5.74, 6) is 1.34. The number of imidazole rings is 1. The van der Waals surface area contributed by atoms with Crippen LogP contribution in [0.2, 0.25) is 0 Å². The Bertz CT molecular complexity index is 1720. The molecule has 0 fully saturated rings. The number of aromatic nitrogens is 2. The standard InChI is InChI=1S/C34H30N2/c1-22(2)34-35-31(25-14-6-5-7-15-25)33-29-19-9-8-18-28(29)30(26-16-10-12-23(3)20-26)32(36(33)34)27-17-11-13-24(4)21-27/h5-22H,1-4H3. The van der Waals surface area contributed by atoms with Crippen molar-refractivity contribution < 1.29 is 0 Å². The Morgan fingerprint density at radius 2 is 1.19 bits per heavy atom. The van der Waals surface area contributed by atoms with Gasteiger partial charge in [0.05, 0.1) is 16.9 Å². The predicted octanol–water partition coefficient (Wildman–Crippen LogP) is 9.23. The largest absolute Gasteiger partial charge is 0.294 e. The molecule has 176 valence electrons. The quantitative estimate of drug-likeness (QED) is 0.253. The van der Waals surface area contributed by atoms with Gasteiger partial charge in [-0.3, -0.25) is 4.40 Å². The molecule has 0 amide bonds. The van der Waals surface area contributed by atoms with Crippen LogP contribution in [0.5, 0.6) is 0 Å². The summed E-state index contributed by atoms with van der Waals surface area (Å²) in [6, 6.07) is 37.2. The van der Waals surface area contributed by atoms with E-state index < -0.39 is 0 Å². The van der Waals surface area contributed by atoms with Crippen LogP contribution in [0.4, 0.5) is 0 Å². The smallest absolute Gasteiger partial charge is 0.117 e. The zero-order valence-corrected chi connectivity index (χ0v) is 21.3. The Kier molecular flexibility index (Phi) is 5.45. The van der Waals surface area contributed by atoms with Crippen molar-refractivity contribution in [3.05, 3.63) is 120 Å². The molecule has 0 aliphatic carbocycles. The number of rotatable bonds is 4. The molecule has 0 bridgehead atoms. The van der Waals surface area contributed by atoms with Gasteiger partial charge in [0.2, 0.25) is 0 Å². The summed E-state index contributed by atoms with van der Waals surface area (Å²) in [6.45, 7) is 8.82. The van der Waals surface area contributed by atoms with E-state index >= 15 is 0 Å². The summed E-state index contributed by atoms with van der Waals surface area (Å²) in [5.41, 5.74) is 10.8. The van der Waals surface area contributed by atoms with Gasteiger partial charge in [0, 0.05) is 22.4 Å². The molecule has 2 heteroatoms. The van der Waals surface area contributed by atoms with E-state index in [-0.39, 0.29) is 5.92 Å². The van der Waals surface area contributed by atoms with Crippen LogP contribution in [0.25, 0.3) is 49.9 Å². The van der Waals surface area contributed by atoms with Crippen LogP contribution >= 0.6 is 0 Å². The first-order valence-electron chi connectivity index (χ1n) is 12.7. The number of benzene rings is 4. The summed E-state index contributed by atoms with van der Waals surface area (Å²) in [6.07, 6.45) is 0. The summed E-state index contributed by atoms with van der Waals surface area (Å²) in [5, 5.41) is 2.48. The first-order chi connectivity index (χ1) is 17.5. The van der Waals surface area contributed by atoms with Crippen molar-refractivity contribution in [2.75, 3.05) is 0 Å². The van der Waals surface area contributed by atoms with Gasteiger partial charge in [0.25, 0.3) is 0 Å². The van der Waals surface area contributed by atoms with Crippen LogP contribution < -0.4 is 0 Å². The van der Waals surface area contributed by atoms with E-state index in [9.17, 15) is 0 Å². The SMILES string of the molecule is Cc1cccc(-c2c(-c3cccc(C)c3)n3c(C(C)C)nc(-c4ccccc4)c3c3ccccc23)c1. The van der Waals surface area contributed by atoms with Crippen molar-refractivity contribution >= 4 is 16.3 Å².